The Balaban J connectivity index is 1.44. The van der Waals surface area contributed by atoms with Gasteiger partial charge in [-0.3, -0.25) is 14.5 Å². The number of nitrogens with zero attached hydrogens (tertiary/aromatic N) is 5. The first-order valence-electron chi connectivity index (χ1n) is 10.4. The Hall–Kier alpha value is -3.72. The fourth-order valence-corrected chi connectivity index (χ4v) is 3.04. The SMILES string of the molecule is CCCCOCOc1cnc2ccc(OCc3nn(-c4cnn(C)c4)ccc3=O)cc2c1. The quantitative estimate of drug-likeness (QED) is 0.279. The zero-order chi connectivity index (χ0) is 22.3. The Morgan fingerprint density at radius 3 is 2.75 bits per heavy atom. The lowest BCUT2D eigenvalue weighted by Crippen LogP contribution is -2.17. The Kier molecular flexibility index (Phi) is 6.76. The first kappa shape index (κ1) is 21.5. The van der Waals surface area contributed by atoms with Crippen molar-refractivity contribution in [3.63, 3.8) is 0 Å². The summed E-state index contributed by atoms with van der Waals surface area (Å²) in [6, 6.07) is 8.88. The summed E-state index contributed by atoms with van der Waals surface area (Å²) in [7, 11) is 1.82. The van der Waals surface area contributed by atoms with Gasteiger partial charge in [0, 0.05) is 24.7 Å². The highest BCUT2D eigenvalue weighted by molar-refractivity contribution is 5.81. The summed E-state index contributed by atoms with van der Waals surface area (Å²) in [5, 5.41) is 9.37. The second-order valence-corrected chi connectivity index (χ2v) is 7.28. The highest BCUT2D eigenvalue weighted by Gasteiger charge is 2.08. The molecule has 0 saturated heterocycles. The maximum atomic E-state index is 12.2. The van der Waals surface area contributed by atoms with Crippen molar-refractivity contribution in [3.05, 3.63) is 71.0 Å². The molecule has 166 valence electrons. The number of rotatable bonds is 10. The van der Waals surface area contributed by atoms with Gasteiger partial charge in [-0.05, 0) is 30.7 Å². The minimum absolute atomic E-state index is 0.0420. The van der Waals surface area contributed by atoms with E-state index in [9.17, 15) is 4.79 Å². The van der Waals surface area contributed by atoms with Gasteiger partial charge < -0.3 is 14.2 Å². The van der Waals surface area contributed by atoms with Gasteiger partial charge in [0.15, 0.2) is 6.79 Å². The third kappa shape index (κ3) is 5.30. The van der Waals surface area contributed by atoms with Crippen molar-refractivity contribution >= 4 is 10.9 Å². The lowest BCUT2D eigenvalue weighted by Gasteiger charge is -2.10. The minimum Gasteiger partial charge on any atom is -0.487 e. The molecule has 0 atom stereocenters. The van der Waals surface area contributed by atoms with Crippen LogP contribution in [0.2, 0.25) is 0 Å². The molecule has 0 spiro atoms. The molecule has 0 N–H and O–H groups in total. The topological polar surface area (TPSA) is 93.3 Å². The van der Waals surface area contributed by atoms with E-state index in [1.807, 2.05) is 37.5 Å². The molecule has 0 aliphatic rings. The highest BCUT2D eigenvalue weighted by Crippen LogP contribution is 2.23. The molecule has 4 aromatic rings. The number of fused-ring (bicyclic) bond motifs is 1. The molecule has 9 heteroatoms. The van der Waals surface area contributed by atoms with E-state index in [1.54, 1.807) is 28.0 Å². The minimum atomic E-state index is -0.189. The van der Waals surface area contributed by atoms with Crippen LogP contribution in [0.25, 0.3) is 16.6 Å². The average molecular weight is 435 g/mol. The van der Waals surface area contributed by atoms with E-state index >= 15 is 0 Å². The molecule has 0 fully saturated rings. The van der Waals surface area contributed by atoms with Crippen LogP contribution in [-0.2, 0) is 18.4 Å². The number of aromatic nitrogens is 5. The van der Waals surface area contributed by atoms with E-state index < -0.39 is 0 Å². The molecular weight excluding hydrogens is 410 g/mol. The predicted molar refractivity (Wildman–Crippen MR) is 119 cm³/mol. The normalized spacial score (nSPS) is 11.1. The number of aryl methyl sites for hydroxylation is 1. The number of hydrogen-bond donors (Lipinski definition) is 0. The Morgan fingerprint density at radius 1 is 1.06 bits per heavy atom. The van der Waals surface area contributed by atoms with E-state index in [1.165, 1.54) is 6.07 Å². The lowest BCUT2D eigenvalue weighted by atomic mass is 10.2. The van der Waals surface area contributed by atoms with Crippen LogP contribution in [0.4, 0.5) is 0 Å². The zero-order valence-electron chi connectivity index (χ0n) is 18.1. The molecule has 0 aliphatic heterocycles. The van der Waals surface area contributed by atoms with E-state index in [2.05, 4.69) is 22.1 Å². The van der Waals surface area contributed by atoms with Gasteiger partial charge in [-0.2, -0.15) is 10.2 Å². The van der Waals surface area contributed by atoms with Gasteiger partial charge in [-0.1, -0.05) is 13.3 Å². The fourth-order valence-electron chi connectivity index (χ4n) is 3.04. The smallest absolute Gasteiger partial charge is 0.206 e. The van der Waals surface area contributed by atoms with Crippen LogP contribution < -0.4 is 14.9 Å². The zero-order valence-corrected chi connectivity index (χ0v) is 18.1. The summed E-state index contributed by atoms with van der Waals surface area (Å²) in [6.45, 7) is 3.01. The molecule has 0 bridgehead atoms. The molecule has 3 aromatic heterocycles. The molecule has 4 rings (SSSR count). The van der Waals surface area contributed by atoms with Crippen LogP contribution in [0.1, 0.15) is 25.5 Å². The summed E-state index contributed by atoms with van der Waals surface area (Å²) in [6.07, 6.45) is 8.85. The average Bonchev–Trinajstić information content (AvgIpc) is 3.24. The van der Waals surface area contributed by atoms with Crippen LogP contribution in [-0.4, -0.2) is 37.9 Å². The van der Waals surface area contributed by atoms with Crippen molar-refractivity contribution in [2.24, 2.45) is 7.05 Å². The van der Waals surface area contributed by atoms with E-state index in [4.69, 9.17) is 14.2 Å². The molecule has 9 nitrogen and oxygen atoms in total. The van der Waals surface area contributed by atoms with Crippen LogP contribution in [0.5, 0.6) is 11.5 Å². The highest BCUT2D eigenvalue weighted by atomic mass is 16.7. The summed E-state index contributed by atoms with van der Waals surface area (Å²) in [5.74, 6) is 1.23. The Labute approximate surface area is 185 Å². The van der Waals surface area contributed by atoms with Crippen LogP contribution in [0.3, 0.4) is 0 Å². The molecular formula is C23H25N5O4. The van der Waals surface area contributed by atoms with Crippen molar-refractivity contribution in [3.8, 4) is 17.2 Å². The van der Waals surface area contributed by atoms with Gasteiger partial charge in [0.05, 0.1) is 30.7 Å². The van der Waals surface area contributed by atoms with Gasteiger partial charge >= 0.3 is 0 Å². The molecule has 3 heterocycles. The summed E-state index contributed by atoms with van der Waals surface area (Å²) >= 11 is 0. The Morgan fingerprint density at radius 2 is 1.94 bits per heavy atom. The van der Waals surface area contributed by atoms with Gasteiger partial charge in [0.25, 0.3) is 0 Å². The fraction of sp³-hybridized carbons (Fsp3) is 0.304. The maximum Gasteiger partial charge on any atom is 0.206 e. The predicted octanol–water partition coefficient (Wildman–Crippen LogP) is 3.25. The van der Waals surface area contributed by atoms with Crippen LogP contribution in [0, 0.1) is 0 Å². The molecule has 1 aromatic carbocycles. The third-order valence-electron chi connectivity index (χ3n) is 4.79. The van der Waals surface area contributed by atoms with Crippen molar-refractivity contribution in [2.75, 3.05) is 13.4 Å². The van der Waals surface area contributed by atoms with Gasteiger partial charge in [0.1, 0.15) is 29.5 Å². The van der Waals surface area contributed by atoms with Crippen molar-refractivity contribution in [2.45, 2.75) is 26.4 Å². The number of pyridine rings is 1. The van der Waals surface area contributed by atoms with Crippen LogP contribution in [0.15, 0.2) is 59.9 Å². The lowest BCUT2D eigenvalue weighted by molar-refractivity contribution is 0.0139. The molecule has 0 amide bonds. The van der Waals surface area contributed by atoms with Gasteiger partial charge in [-0.25, -0.2) is 4.68 Å². The second kappa shape index (κ2) is 10.1. The number of benzene rings is 1. The second-order valence-electron chi connectivity index (χ2n) is 7.28. The summed E-state index contributed by atoms with van der Waals surface area (Å²) in [5.41, 5.74) is 1.69. The summed E-state index contributed by atoms with van der Waals surface area (Å²) < 4.78 is 20.2. The van der Waals surface area contributed by atoms with Crippen LogP contribution >= 0.6 is 0 Å². The molecule has 32 heavy (non-hydrogen) atoms. The summed E-state index contributed by atoms with van der Waals surface area (Å²) in [4.78, 5) is 16.6. The van der Waals surface area contributed by atoms with Gasteiger partial charge in [-0.15, -0.1) is 0 Å². The standard InChI is InChI=1S/C23H25N5O4/c1-3-4-9-30-16-32-20-11-17-10-19(5-6-21(17)24-13-20)31-15-22-23(29)7-8-28(26-22)18-12-25-27(2)14-18/h5-8,10-14H,3-4,9,15-16H2,1-2H3. The first-order valence-corrected chi connectivity index (χ1v) is 10.4. The molecule has 0 unspecified atom stereocenters. The third-order valence-corrected chi connectivity index (χ3v) is 4.79. The number of unbranched alkanes of at least 4 members (excludes halogenated alkanes) is 1. The number of hydrogen-bond acceptors (Lipinski definition) is 7. The monoisotopic (exact) mass is 435 g/mol. The Bertz CT molecular complexity index is 1250. The van der Waals surface area contributed by atoms with E-state index in [-0.39, 0.29) is 18.8 Å². The molecule has 0 saturated carbocycles. The van der Waals surface area contributed by atoms with Gasteiger partial charge in [0.2, 0.25) is 5.43 Å². The van der Waals surface area contributed by atoms with Crippen molar-refractivity contribution in [1.29, 1.82) is 0 Å². The maximum absolute atomic E-state index is 12.2. The largest absolute Gasteiger partial charge is 0.487 e. The van der Waals surface area contributed by atoms with E-state index in [0.29, 0.717) is 23.8 Å². The van der Waals surface area contributed by atoms with E-state index in [0.717, 1.165) is 29.4 Å². The van der Waals surface area contributed by atoms with Crippen molar-refractivity contribution < 1.29 is 14.2 Å². The van der Waals surface area contributed by atoms with Crippen molar-refractivity contribution in [1.82, 2.24) is 24.5 Å². The molecule has 0 aliphatic carbocycles. The first-order chi connectivity index (χ1) is 15.6. The molecule has 0 radical (unpaired) electrons. The number of ether oxygens (including phenoxy) is 3.